The van der Waals surface area contributed by atoms with E-state index in [-0.39, 0.29) is 16.5 Å². The number of ether oxygens (including phenoxy) is 1. The third kappa shape index (κ3) is 5.16. The van der Waals surface area contributed by atoms with Gasteiger partial charge in [-0.15, -0.1) is 11.8 Å². The first-order chi connectivity index (χ1) is 11.9. The Balaban J connectivity index is 2.27. The molecule has 0 unspecified atom stereocenters. The molecule has 0 fully saturated rings. The van der Waals surface area contributed by atoms with Gasteiger partial charge in [0.25, 0.3) is 5.91 Å². The average Bonchev–Trinajstić information content (AvgIpc) is 2.57. The summed E-state index contributed by atoms with van der Waals surface area (Å²) in [5.74, 6) is -0.100. The molecule has 1 amide bonds. The van der Waals surface area contributed by atoms with Crippen molar-refractivity contribution in [3.8, 4) is 0 Å². The second-order valence-electron chi connectivity index (χ2n) is 5.80. The molecular formula is C18H22ClNO4S. The zero-order valence-corrected chi connectivity index (χ0v) is 15.9. The van der Waals surface area contributed by atoms with Gasteiger partial charge in [0, 0.05) is 11.4 Å². The number of halogens is 1. The molecule has 0 bridgehead atoms. The molecule has 1 aliphatic heterocycles. The summed E-state index contributed by atoms with van der Waals surface area (Å²) in [4.78, 5) is 24.4. The van der Waals surface area contributed by atoms with Gasteiger partial charge in [-0.25, -0.2) is 4.79 Å². The van der Waals surface area contributed by atoms with E-state index >= 15 is 0 Å². The number of aromatic carboxylic acids is 1. The van der Waals surface area contributed by atoms with Crippen LogP contribution in [0.5, 0.6) is 0 Å². The largest absolute Gasteiger partial charge is 0.496 e. The van der Waals surface area contributed by atoms with Crippen molar-refractivity contribution in [1.29, 1.82) is 0 Å². The zero-order valence-electron chi connectivity index (χ0n) is 14.4. The van der Waals surface area contributed by atoms with E-state index < -0.39 is 5.97 Å². The normalized spacial score (nSPS) is 14.2. The van der Waals surface area contributed by atoms with Gasteiger partial charge in [-0.1, -0.05) is 31.4 Å². The van der Waals surface area contributed by atoms with Gasteiger partial charge in [-0.05, 0) is 37.5 Å². The Morgan fingerprint density at radius 2 is 2.12 bits per heavy atom. The summed E-state index contributed by atoms with van der Waals surface area (Å²) in [7, 11) is 0. The number of carbonyl (C=O) groups is 2. The predicted molar refractivity (Wildman–Crippen MR) is 101 cm³/mol. The first-order valence-corrected chi connectivity index (χ1v) is 9.64. The van der Waals surface area contributed by atoms with Crippen LogP contribution in [0, 0.1) is 0 Å². The van der Waals surface area contributed by atoms with E-state index in [4.69, 9.17) is 16.3 Å². The third-order valence-electron chi connectivity index (χ3n) is 3.86. The molecule has 2 N–H and O–H groups in total. The van der Waals surface area contributed by atoms with E-state index in [1.165, 1.54) is 17.8 Å². The summed E-state index contributed by atoms with van der Waals surface area (Å²) in [5.41, 5.74) is 1.18. The number of amides is 1. The Morgan fingerprint density at radius 1 is 1.36 bits per heavy atom. The number of hydrogen-bond donors (Lipinski definition) is 2. The number of thioether (sulfide) groups is 1. The summed E-state index contributed by atoms with van der Waals surface area (Å²) < 4.78 is 5.40. The lowest BCUT2D eigenvalue weighted by Gasteiger charge is -2.18. The van der Waals surface area contributed by atoms with Crippen molar-refractivity contribution < 1.29 is 19.4 Å². The maximum atomic E-state index is 12.5. The second-order valence-corrected chi connectivity index (χ2v) is 7.28. The molecule has 0 saturated carbocycles. The fraction of sp³-hybridized carbons (Fsp3) is 0.444. The van der Waals surface area contributed by atoms with Gasteiger partial charge in [0.05, 0.1) is 17.2 Å². The van der Waals surface area contributed by atoms with Gasteiger partial charge in [0.2, 0.25) is 0 Å². The lowest BCUT2D eigenvalue weighted by molar-refractivity contribution is -0.112. The van der Waals surface area contributed by atoms with Crippen LogP contribution < -0.4 is 5.32 Å². The minimum absolute atomic E-state index is 0.00390. The van der Waals surface area contributed by atoms with Crippen LogP contribution in [-0.2, 0) is 16.0 Å². The first kappa shape index (κ1) is 19.7. The molecule has 7 heteroatoms. The quantitative estimate of drug-likeness (QED) is 0.667. The summed E-state index contributed by atoms with van der Waals surface area (Å²) in [5, 5.41) is 12.4. The number of anilines is 1. The van der Waals surface area contributed by atoms with E-state index in [0.29, 0.717) is 35.1 Å². The average molecular weight is 384 g/mol. The standard InChI is InChI=1S/C18H22ClNO4S/c1-3-4-5-6-12-9-13(10-14(15(12)19)18(22)23)20-17(21)16-11(2)24-7-8-25-16/h9-10H,3-8H2,1-2H3,(H,20,21)(H,22,23). The number of carboxylic acids is 1. The van der Waals surface area contributed by atoms with Gasteiger partial charge in [-0.3, -0.25) is 4.79 Å². The molecule has 0 saturated heterocycles. The number of hydrogen-bond acceptors (Lipinski definition) is 4. The summed E-state index contributed by atoms with van der Waals surface area (Å²) in [6.07, 6.45) is 3.69. The van der Waals surface area contributed by atoms with Crippen LogP contribution in [0.2, 0.25) is 5.02 Å². The molecule has 136 valence electrons. The molecule has 5 nitrogen and oxygen atoms in total. The summed E-state index contributed by atoms with van der Waals surface area (Å²) in [6, 6.07) is 3.16. The number of unbranched alkanes of at least 4 members (excludes halogenated alkanes) is 2. The van der Waals surface area contributed by atoms with Gasteiger partial charge in [0.1, 0.15) is 10.7 Å². The first-order valence-electron chi connectivity index (χ1n) is 8.27. The van der Waals surface area contributed by atoms with E-state index in [2.05, 4.69) is 12.2 Å². The highest BCUT2D eigenvalue weighted by atomic mass is 35.5. The van der Waals surface area contributed by atoms with Gasteiger partial charge < -0.3 is 15.2 Å². The van der Waals surface area contributed by atoms with Gasteiger partial charge >= 0.3 is 5.97 Å². The molecular weight excluding hydrogens is 362 g/mol. The minimum atomic E-state index is -1.11. The highest BCUT2D eigenvalue weighted by molar-refractivity contribution is 8.04. The number of rotatable bonds is 7. The number of carbonyl (C=O) groups excluding carboxylic acids is 1. The van der Waals surface area contributed by atoms with Crippen molar-refractivity contribution >= 4 is 40.9 Å². The van der Waals surface area contributed by atoms with Gasteiger partial charge in [-0.2, -0.15) is 0 Å². The number of allylic oxidation sites excluding steroid dienone is 1. The molecule has 0 radical (unpaired) electrons. The fourth-order valence-corrected chi connectivity index (χ4v) is 3.68. The van der Waals surface area contributed by atoms with E-state index in [0.717, 1.165) is 24.8 Å². The summed E-state index contributed by atoms with van der Waals surface area (Å²) in [6.45, 7) is 4.43. The van der Waals surface area contributed by atoms with Crippen molar-refractivity contribution in [2.24, 2.45) is 0 Å². The van der Waals surface area contributed by atoms with Crippen LogP contribution in [0.15, 0.2) is 22.8 Å². The Bertz CT molecular complexity index is 703. The monoisotopic (exact) mass is 383 g/mol. The molecule has 2 rings (SSSR count). The molecule has 0 aromatic heterocycles. The molecule has 1 aliphatic rings. The Labute approximate surface area is 156 Å². The molecule has 0 atom stereocenters. The van der Waals surface area contributed by atoms with Crippen molar-refractivity contribution in [3.05, 3.63) is 38.9 Å². The highest BCUT2D eigenvalue weighted by Crippen LogP contribution is 2.30. The number of benzene rings is 1. The summed E-state index contributed by atoms with van der Waals surface area (Å²) >= 11 is 7.67. The molecule has 1 heterocycles. The molecule has 0 spiro atoms. The maximum absolute atomic E-state index is 12.5. The van der Waals surface area contributed by atoms with Crippen LogP contribution >= 0.6 is 23.4 Å². The number of aryl methyl sites for hydroxylation is 1. The molecule has 1 aromatic rings. The zero-order chi connectivity index (χ0) is 18.4. The van der Waals surface area contributed by atoms with Crippen molar-refractivity contribution in [1.82, 2.24) is 0 Å². The topological polar surface area (TPSA) is 75.6 Å². The molecule has 25 heavy (non-hydrogen) atoms. The SMILES string of the molecule is CCCCCc1cc(NC(=O)C2=C(C)OCCS2)cc(C(=O)O)c1Cl. The Hall–Kier alpha value is -1.66. The second kappa shape index (κ2) is 9.15. The fourth-order valence-electron chi connectivity index (χ4n) is 2.58. The number of carboxylic acid groups (broad SMARTS) is 1. The highest BCUT2D eigenvalue weighted by Gasteiger charge is 2.21. The van der Waals surface area contributed by atoms with Crippen LogP contribution in [0.25, 0.3) is 0 Å². The maximum Gasteiger partial charge on any atom is 0.337 e. The van der Waals surface area contributed by atoms with Crippen molar-refractivity contribution in [2.45, 2.75) is 39.5 Å². The van der Waals surface area contributed by atoms with E-state index in [1.54, 1.807) is 13.0 Å². The molecule has 1 aromatic carbocycles. The lowest BCUT2D eigenvalue weighted by Crippen LogP contribution is -2.19. The Morgan fingerprint density at radius 3 is 2.76 bits per heavy atom. The van der Waals surface area contributed by atoms with Crippen LogP contribution in [-0.4, -0.2) is 29.3 Å². The lowest BCUT2D eigenvalue weighted by atomic mass is 10.0. The molecule has 0 aliphatic carbocycles. The van der Waals surface area contributed by atoms with Crippen LogP contribution in [0.3, 0.4) is 0 Å². The van der Waals surface area contributed by atoms with Crippen molar-refractivity contribution in [2.75, 3.05) is 17.7 Å². The van der Waals surface area contributed by atoms with Crippen LogP contribution in [0.4, 0.5) is 5.69 Å². The van der Waals surface area contributed by atoms with Gasteiger partial charge in [0.15, 0.2) is 0 Å². The van der Waals surface area contributed by atoms with Crippen LogP contribution in [0.1, 0.15) is 49.0 Å². The Kier molecular flexibility index (Phi) is 7.20. The number of nitrogens with one attached hydrogen (secondary N) is 1. The van der Waals surface area contributed by atoms with E-state index in [9.17, 15) is 14.7 Å². The minimum Gasteiger partial charge on any atom is -0.496 e. The smallest absolute Gasteiger partial charge is 0.337 e. The van der Waals surface area contributed by atoms with Crippen molar-refractivity contribution in [3.63, 3.8) is 0 Å². The van der Waals surface area contributed by atoms with E-state index in [1.807, 2.05) is 0 Å². The third-order valence-corrected chi connectivity index (χ3v) is 5.44. The predicted octanol–water partition coefficient (Wildman–Crippen LogP) is 4.70.